The number of carboxylic acids is 1. The second-order valence-corrected chi connectivity index (χ2v) is 5.23. The van der Waals surface area contributed by atoms with E-state index in [1.807, 2.05) is 0 Å². The lowest BCUT2D eigenvalue weighted by atomic mass is 9.94. The van der Waals surface area contributed by atoms with Crippen molar-refractivity contribution in [3.05, 3.63) is 12.2 Å². The fourth-order valence-corrected chi connectivity index (χ4v) is 1.79. The lowest BCUT2D eigenvalue weighted by molar-refractivity contribution is -0.132. The molecule has 1 atom stereocenters. The first-order chi connectivity index (χ1) is 7.43. The van der Waals surface area contributed by atoms with E-state index in [2.05, 4.69) is 27.4 Å². The minimum atomic E-state index is -0.854. The summed E-state index contributed by atoms with van der Waals surface area (Å²) in [6.07, 6.45) is 6.55. The van der Waals surface area contributed by atoms with Gasteiger partial charge in [-0.15, -0.1) is 0 Å². The van der Waals surface area contributed by atoms with Crippen LogP contribution in [-0.2, 0) is 4.79 Å². The van der Waals surface area contributed by atoms with E-state index in [0.29, 0.717) is 17.9 Å². The monoisotopic (exact) mass is 226 g/mol. The van der Waals surface area contributed by atoms with Gasteiger partial charge in [0.25, 0.3) is 0 Å². The minimum absolute atomic E-state index is 0.342. The van der Waals surface area contributed by atoms with E-state index in [4.69, 9.17) is 5.11 Å². The molecule has 2 nitrogen and oxygen atoms in total. The van der Waals surface area contributed by atoms with Gasteiger partial charge in [0.15, 0.2) is 0 Å². The Morgan fingerprint density at radius 3 is 2.19 bits per heavy atom. The predicted molar refractivity (Wildman–Crippen MR) is 68.5 cm³/mol. The zero-order valence-corrected chi connectivity index (χ0v) is 11.0. The third-order valence-corrected chi connectivity index (χ3v) is 2.96. The molecule has 0 aliphatic rings. The van der Waals surface area contributed by atoms with Gasteiger partial charge in [-0.2, -0.15) is 0 Å². The van der Waals surface area contributed by atoms with Gasteiger partial charge < -0.3 is 5.11 Å². The van der Waals surface area contributed by atoms with Crippen LogP contribution in [0, 0.1) is 11.8 Å². The largest absolute Gasteiger partial charge is 0.478 e. The molecule has 0 spiro atoms. The van der Waals surface area contributed by atoms with Crippen LogP contribution in [-0.4, -0.2) is 11.1 Å². The van der Waals surface area contributed by atoms with E-state index >= 15 is 0 Å². The topological polar surface area (TPSA) is 37.3 Å². The summed E-state index contributed by atoms with van der Waals surface area (Å²) >= 11 is 0. The lowest BCUT2D eigenvalue weighted by Gasteiger charge is -2.12. The molecule has 2 heteroatoms. The van der Waals surface area contributed by atoms with Crippen LogP contribution in [0.2, 0.25) is 0 Å². The normalized spacial score (nSPS) is 12.8. The van der Waals surface area contributed by atoms with Crippen LogP contribution in [0.1, 0.15) is 59.3 Å². The predicted octanol–water partition coefficient (Wildman–Crippen LogP) is 4.26. The summed E-state index contributed by atoms with van der Waals surface area (Å²) in [6.45, 7) is 10.3. The lowest BCUT2D eigenvalue weighted by Crippen LogP contribution is -2.01. The number of hydrogen-bond acceptors (Lipinski definition) is 1. The maximum Gasteiger partial charge on any atom is 0.330 e. The van der Waals surface area contributed by atoms with E-state index in [1.54, 1.807) is 0 Å². The summed E-state index contributed by atoms with van der Waals surface area (Å²) < 4.78 is 0. The van der Waals surface area contributed by atoms with Gasteiger partial charge in [-0.05, 0) is 24.7 Å². The first-order valence-corrected chi connectivity index (χ1v) is 6.34. The van der Waals surface area contributed by atoms with Gasteiger partial charge in [-0.25, -0.2) is 4.79 Å². The second-order valence-electron chi connectivity index (χ2n) is 5.23. The highest BCUT2D eigenvalue weighted by Gasteiger charge is 2.06. The van der Waals surface area contributed by atoms with E-state index < -0.39 is 5.97 Å². The molecule has 0 saturated heterocycles. The molecule has 0 aromatic heterocycles. The summed E-state index contributed by atoms with van der Waals surface area (Å²) in [4.78, 5) is 10.5. The summed E-state index contributed by atoms with van der Waals surface area (Å²) in [5, 5.41) is 8.65. The van der Waals surface area contributed by atoms with Crippen LogP contribution in [0.3, 0.4) is 0 Å². The fourth-order valence-electron chi connectivity index (χ4n) is 1.79. The fraction of sp³-hybridized carbons (Fsp3) is 0.786. The highest BCUT2D eigenvalue weighted by Crippen LogP contribution is 2.18. The molecule has 1 N–H and O–H groups in total. The second kappa shape index (κ2) is 8.37. The minimum Gasteiger partial charge on any atom is -0.478 e. The van der Waals surface area contributed by atoms with Crippen molar-refractivity contribution < 1.29 is 9.90 Å². The van der Waals surface area contributed by atoms with Crippen LogP contribution in [0.4, 0.5) is 0 Å². The summed E-state index contributed by atoms with van der Waals surface area (Å²) in [5.74, 6) is 0.645. The number of aliphatic carboxylic acids is 1. The molecular formula is C14H26O2. The van der Waals surface area contributed by atoms with Crippen LogP contribution < -0.4 is 0 Å². The zero-order chi connectivity index (χ0) is 12.6. The summed E-state index contributed by atoms with van der Waals surface area (Å²) in [6, 6.07) is 0. The third-order valence-electron chi connectivity index (χ3n) is 2.96. The van der Waals surface area contributed by atoms with E-state index in [1.165, 1.54) is 19.3 Å². The van der Waals surface area contributed by atoms with Gasteiger partial charge in [0.1, 0.15) is 0 Å². The molecule has 0 rings (SSSR count). The van der Waals surface area contributed by atoms with Crippen LogP contribution >= 0.6 is 0 Å². The van der Waals surface area contributed by atoms with E-state index in [0.717, 1.165) is 18.8 Å². The average molecular weight is 226 g/mol. The Labute approximate surface area is 99.7 Å². The Balaban J connectivity index is 3.47. The first kappa shape index (κ1) is 15.2. The van der Waals surface area contributed by atoms with Gasteiger partial charge >= 0.3 is 5.97 Å². The van der Waals surface area contributed by atoms with Crippen molar-refractivity contribution in [2.24, 2.45) is 11.8 Å². The van der Waals surface area contributed by atoms with Crippen molar-refractivity contribution in [1.29, 1.82) is 0 Å². The van der Waals surface area contributed by atoms with Gasteiger partial charge in [0.05, 0.1) is 0 Å². The molecule has 94 valence electrons. The van der Waals surface area contributed by atoms with Gasteiger partial charge in [0.2, 0.25) is 0 Å². The van der Waals surface area contributed by atoms with Gasteiger partial charge in [0, 0.05) is 5.57 Å². The molecule has 0 aromatic rings. The highest BCUT2D eigenvalue weighted by atomic mass is 16.4. The van der Waals surface area contributed by atoms with Crippen molar-refractivity contribution in [3.63, 3.8) is 0 Å². The van der Waals surface area contributed by atoms with E-state index in [-0.39, 0.29) is 0 Å². The van der Waals surface area contributed by atoms with E-state index in [9.17, 15) is 4.79 Å². The number of carboxylic acid groups (broad SMARTS) is 1. The summed E-state index contributed by atoms with van der Waals surface area (Å²) in [5.41, 5.74) is 0.342. The number of hydrogen-bond donors (Lipinski definition) is 1. The van der Waals surface area contributed by atoms with Crippen LogP contribution in [0.15, 0.2) is 12.2 Å². The molecule has 0 fully saturated rings. The molecule has 0 radical (unpaired) electrons. The smallest absolute Gasteiger partial charge is 0.330 e. The van der Waals surface area contributed by atoms with Crippen molar-refractivity contribution in [1.82, 2.24) is 0 Å². The van der Waals surface area contributed by atoms with Gasteiger partial charge in [-0.1, -0.05) is 53.0 Å². The number of rotatable bonds is 9. The SMILES string of the molecule is C=C(CCC[C@H](C)CCCC(C)C)C(=O)O. The Morgan fingerprint density at radius 2 is 1.69 bits per heavy atom. The number of carbonyl (C=O) groups is 1. The Kier molecular flexibility index (Phi) is 7.96. The van der Waals surface area contributed by atoms with Gasteiger partial charge in [-0.3, -0.25) is 0 Å². The molecule has 0 aliphatic carbocycles. The van der Waals surface area contributed by atoms with Crippen molar-refractivity contribution >= 4 is 5.97 Å². The quantitative estimate of drug-likeness (QED) is 0.596. The average Bonchev–Trinajstić information content (AvgIpc) is 2.16. The highest BCUT2D eigenvalue weighted by molar-refractivity contribution is 5.85. The zero-order valence-electron chi connectivity index (χ0n) is 11.0. The molecule has 0 bridgehead atoms. The van der Waals surface area contributed by atoms with Crippen LogP contribution in [0.25, 0.3) is 0 Å². The standard InChI is InChI=1S/C14H26O2/c1-11(2)7-5-8-12(3)9-6-10-13(4)14(15)16/h11-12H,4-10H2,1-3H3,(H,15,16)/t12-/m1/s1. The maximum atomic E-state index is 10.5. The Hall–Kier alpha value is -0.790. The molecule has 0 heterocycles. The van der Waals surface area contributed by atoms with Crippen molar-refractivity contribution in [3.8, 4) is 0 Å². The molecular weight excluding hydrogens is 200 g/mol. The van der Waals surface area contributed by atoms with Crippen LogP contribution in [0.5, 0.6) is 0 Å². The van der Waals surface area contributed by atoms with Crippen molar-refractivity contribution in [2.75, 3.05) is 0 Å². The molecule has 0 aliphatic heterocycles. The molecule has 0 aromatic carbocycles. The third kappa shape index (κ3) is 8.51. The maximum absolute atomic E-state index is 10.5. The Bertz CT molecular complexity index is 219. The van der Waals surface area contributed by atoms with Crippen molar-refractivity contribution in [2.45, 2.75) is 59.3 Å². The Morgan fingerprint density at radius 1 is 1.12 bits per heavy atom. The molecule has 0 amide bonds. The molecule has 0 saturated carbocycles. The summed E-state index contributed by atoms with van der Waals surface area (Å²) in [7, 11) is 0. The molecule has 0 unspecified atom stereocenters. The first-order valence-electron chi connectivity index (χ1n) is 6.34. The molecule has 16 heavy (non-hydrogen) atoms.